The van der Waals surface area contributed by atoms with Gasteiger partial charge in [-0.15, -0.1) is 0 Å². The highest BCUT2D eigenvalue weighted by Gasteiger charge is 2.40. The third kappa shape index (κ3) is 2.25. The van der Waals surface area contributed by atoms with Crippen molar-refractivity contribution in [1.29, 1.82) is 0 Å². The summed E-state index contributed by atoms with van der Waals surface area (Å²) in [4.78, 5) is 4.49. The molecule has 0 bridgehead atoms. The Labute approximate surface area is 114 Å². The van der Waals surface area contributed by atoms with Gasteiger partial charge in [-0.1, -0.05) is 38.1 Å². The van der Waals surface area contributed by atoms with E-state index in [0.717, 1.165) is 35.7 Å². The van der Waals surface area contributed by atoms with Crippen LogP contribution < -0.4 is 0 Å². The second-order valence-electron chi connectivity index (χ2n) is 6.61. The minimum absolute atomic E-state index is 0.198. The van der Waals surface area contributed by atoms with Crippen molar-refractivity contribution >= 4 is 10.9 Å². The van der Waals surface area contributed by atoms with E-state index in [0.29, 0.717) is 0 Å². The summed E-state index contributed by atoms with van der Waals surface area (Å²) < 4.78 is 0. The van der Waals surface area contributed by atoms with Gasteiger partial charge in [-0.3, -0.25) is 4.98 Å². The van der Waals surface area contributed by atoms with E-state index in [2.05, 4.69) is 31.0 Å². The largest absolute Gasteiger partial charge is 0.385 e. The number of para-hydroxylation sites is 1. The summed E-state index contributed by atoms with van der Waals surface area (Å²) in [5.74, 6) is 0. The molecule has 19 heavy (non-hydrogen) atoms. The maximum Gasteiger partial charge on any atom is 0.0922 e. The second kappa shape index (κ2) is 4.31. The van der Waals surface area contributed by atoms with Crippen LogP contribution in [0.3, 0.4) is 0 Å². The molecular weight excluding hydrogens is 234 g/mol. The fourth-order valence-electron chi connectivity index (χ4n) is 3.54. The summed E-state index contributed by atoms with van der Waals surface area (Å²) in [5.41, 5.74) is 1.42. The summed E-state index contributed by atoms with van der Waals surface area (Å²) in [5, 5.41) is 12.2. The number of hydrogen-bond acceptors (Lipinski definition) is 2. The van der Waals surface area contributed by atoms with Crippen molar-refractivity contribution in [2.75, 3.05) is 0 Å². The lowest BCUT2D eigenvalue weighted by Gasteiger charge is -2.42. The molecule has 1 heterocycles. The molecule has 1 aromatic carbocycles. The number of nitrogens with zero attached hydrogens (tertiary/aromatic N) is 1. The van der Waals surface area contributed by atoms with Crippen LogP contribution in [0, 0.1) is 5.41 Å². The van der Waals surface area contributed by atoms with E-state index >= 15 is 0 Å². The van der Waals surface area contributed by atoms with Gasteiger partial charge in [-0.05, 0) is 37.2 Å². The minimum Gasteiger partial charge on any atom is -0.385 e. The number of pyridine rings is 1. The highest BCUT2D eigenvalue weighted by Crippen LogP contribution is 2.47. The Kier molecular flexibility index (Phi) is 2.86. The van der Waals surface area contributed by atoms with E-state index in [4.69, 9.17) is 0 Å². The van der Waals surface area contributed by atoms with Gasteiger partial charge in [0, 0.05) is 17.1 Å². The molecule has 1 atom stereocenters. The number of aliphatic hydroxyl groups is 1. The molecule has 2 nitrogen and oxygen atoms in total. The first kappa shape index (κ1) is 12.6. The Morgan fingerprint density at radius 2 is 1.89 bits per heavy atom. The quantitative estimate of drug-likeness (QED) is 0.834. The molecule has 1 unspecified atom stereocenters. The SMILES string of the molecule is CC1(C)CCCC(O)(c2cccc3cccnc23)C1. The standard InChI is InChI=1S/C17H21NO/c1-16(2)9-5-10-17(19,12-16)14-8-3-6-13-7-4-11-18-15(13)14/h3-4,6-8,11,19H,5,9-10,12H2,1-2H3. The second-order valence-corrected chi connectivity index (χ2v) is 6.61. The van der Waals surface area contributed by atoms with Crippen LogP contribution in [0.2, 0.25) is 0 Å². The highest BCUT2D eigenvalue weighted by molar-refractivity contribution is 5.82. The summed E-state index contributed by atoms with van der Waals surface area (Å²) in [6.45, 7) is 4.49. The van der Waals surface area contributed by atoms with E-state index in [1.165, 1.54) is 6.42 Å². The zero-order valence-corrected chi connectivity index (χ0v) is 11.7. The third-order valence-electron chi connectivity index (χ3n) is 4.35. The molecule has 1 aliphatic carbocycles. The molecule has 100 valence electrons. The zero-order valence-electron chi connectivity index (χ0n) is 11.7. The van der Waals surface area contributed by atoms with Crippen LogP contribution in [0.1, 0.15) is 45.1 Å². The van der Waals surface area contributed by atoms with Gasteiger partial charge in [0.1, 0.15) is 0 Å². The molecule has 0 amide bonds. The first-order valence-corrected chi connectivity index (χ1v) is 7.07. The van der Waals surface area contributed by atoms with Gasteiger partial charge in [0.05, 0.1) is 11.1 Å². The number of fused-ring (bicyclic) bond motifs is 1. The van der Waals surface area contributed by atoms with Crippen molar-refractivity contribution in [1.82, 2.24) is 4.98 Å². The van der Waals surface area contributed by atoms with E-state index in [9.17, 15) is 5.11 Å². The molecule has 0 saturated heterocycles. The van der Waals surface area contributed by atoms with Gasteiger partial charge < -0.3 is 5.11 Å². The van der Waals surface area contributed by atoms with E-state index in [1.54, 1.807) is 0 Å². The minimum atomic E-state index is -0.727. The van der Waals surface area contributed by atoms with Gasteiger partial charge in [-0.25, -0.2) is 0 Å². The average molecular weight is 255 g/mol. The average Bonchev–Trinajstić information content (AvgIpc) is 2.36. The molecule has 2 aromatic rings. The van der Waals surface area contributed by atoms with Gasteiger partial charge >= 0.3 is 0 Å². The van der Waals surface area contributed by atoms with Crippen molar-refractivity contribution in [3.05, 3.63) is 42.1 Å². The number of hydrogen-bond donors (Lipinski definition) is 1. The summed E-state index contributed by atoms with van der Waals surface area (Å²) in [6, 6.07) is 10.1. The Hall–Kier alpha value is -1.41. The number of benzene rings is 1. The summed E-state index contributed by atoms with van der Waals surface area (Å²) >= 11 is 0. The number of rotatable bonds is 1. The predicted molar refractivity (Wildman–Crippen MR) is 77.9 cm³/mol. The fraction of sp³-hybridized carbons (Fsp3) is 0.471. The van der Waals surface area contributed by atoms with Crippen LogP contribution in [0.25, 0.3) is 10.9 Å². The first-order chi connectivity index (χ1) is 9.00. The third-order valence-corrected chi connectivity index (χ3v) is 4.35. The lowest BCUT2D eigenvalue weighted by atomic mass is 9.67. The molecule has 0 aliphatic heterocycles. The molecule has 1 aromatic heterocycles. The summed E-state index contributed by atoms with van der Waals surface area (Å²) in [6.07, 6.45) is 5.73. The zero-order chi connectivity index (χ0) is 13.5. The van der Waals surface area contributed by atoms with Crippen LogP contribution in [0.15, 0.2) is 36.5 Å². The molecule has 1 saturated carbocycles. The maximum atomic E-state index is 11.1. The van der Waals surface area contributed by atoms with Crippen LogP contribution in [-0.2, 0) is 5.60 Å². The fourth-order valence-corrected chi connectivity index (χ4v) is 3.54. The molecule has 2 heteroatoms. The normalized spacial score (nSPS) is 26.5. The van der Waals surface area contributed by atoms with Gasteiger partial charge in [0.2, 0.25) is 0 Å². The van der Waals surface area contributed by atoms with Crippen molar-refractivity contribution in [3.63, 3.8) is 0 Å². The Balaban J connectivity index is 2.13. The Morgan fingerprint density at radius 1 is 1.11 bits per heavy atom. The van der Waals surface area contributed by atoms with Gasteiger partial charge in [0.25, 0.3) is 0 Å². The molecule has 1 fully saturated rings. The van der Waals surface area contributed by atoms with Crippen LogP contribution >= 0.6 is 0 Å². The summed E-state index contributed by atoms with van der Waals surface area (Å²) in [7, 11) is 0. The lowest BCUT2D eigenvalue weighted by molar-refractivity contribution is -0.0430. The van der Waals surface area contributed by atoms with Crippen LogP contribution in [0.5, 0.6) is 0 Å². The van der Waals surface area contributed by atoms with Crippen molar-refractivity contribution in [2.24, 2.45) is 5.41 Å². The molecule has 0 radical (unpaired) electrons. The monoisotopic (exact) mass is 255 g/mol. The van der Waals surface area contributed by atoms with E-state index in [1.807, 2.05) is 24.4 Å². The predicted octanol–water partition coefficient (Wildman–Crippen LogP) is 4.02. The van der Waals surface area contributed by atoms with Crippen LogP contribution in [-0.4, -0.2) is 10.1 Å². The lowest BCUT2D eigenvalue weighted by Crippen LogP contribution is -2.36. The van der Waals surface area contributed by atoms with Crippen molar-refractivity contribution < 1.29 is 5.11 Å². The number of aromatic nitrogens is 1. The first-order valence-electron chi connectivity index (χ1n) is 7.07. The van der Waals surface area contributed by atoms with E-state index < -0.39 is 5.60 Å². The molecule has 3 rings (SSSR count). The molecular formula is C17H21NO. The smallest absolute Gasteiger partial charge is 0.0922 e. The Morgan fingerprint density at radius 3 is 2.68 bits per heavy atom. The van der Waals surface area contributed by atoms with Crippen molar-refractivity contribution in [2.45, 2.75) is 45.1 Å². The Bertz CT molecular complexity index is 600. The molecule has 0 spiro atoms. The van der Waals surface area contributed by atoms with Crippen molar-refractivity contribution in [3.8, 4) is 0 Å². The highest BCUT2D eigenvalue weighted by atomic mass is 16.3. The van der Waals surface area contributed by atoms with E-state index in [-0.39, 0.29) is 5.41 Å². The van der Waals surface area contributed by atoms with Crippen LogP contribution in [0.4, 0.5) is 0 Å². The molecule has 1 aliphatic rings. The maximum absolute atomic E-state index is 11.1. The topological polar surface area (TPSA) is 33.1 Å². The molecule has 1 N–H and O–H groups in total. The van der Waals surface area contributed by atoms with Gasteiger partial charge in [0.15, 0.2) is 0 Å². The van der Waals surface area contributed by atoms with Gasteiger partial charge in [-0.2, -0.15) is 0 Å².